The summed E-state index contributed by atoms with van der Waals surface area (Å²) in [5.74, 6) is 0. The minimum Gasteiger partial charge on any atom is -0.443 e. The summed E-state index contributed by atoms with van der Waals surface area (Å²) < 4.78 is 6.31. The van der Waals surface area contributed by atoms with Crippen LogP contribution in [-0.2, 0) is 4.74 Å². The van der Waals surface area contributed by atoms with Gasteiger partial charge in [-0.25, -0.2) is 9.78 Å². The smallest absolute Gasteiger partial charge is 0.416 e. The van der Waals surface area contributed by atoms with Crippen LogP contribution in [0.2, 0.25) is 0 Å². The third-order valence-electron chi connectivity index (χ3n) is 2.08. The molecule has 0 saturated heterocycles. The molecule has 1 rings (SSSR count). The van der Waals surface area contributed by atoms with Crippen molar-refractivity contribution in [3.05, 3.63) is 9.98 Å². The molecule has 0 atom stereocenters. The number of nitrogens with zero attached hydrogens (tertiary/aromatic N) is 3. The number of anilines is 1. The van der Waals surface area contributed by atoms with Crippen LogP contribution < -0.4 is 4.90 Å². The van der Waals surface area contributed by atoms with Crippen molar-refractivity contribution in [3.8, 4) is 0 Å². The van der Waals surface area contributed by atoms with Gasteiger partial charge in [-0.2, -0.15) is 0 Å². The summed E-state index contributed by atoms with van der Waals surface area (Å²) in [5.41, 5.74) is -0.512. The van der Waals surface area contributed by atoms with E-state index in [1.165, 1.54) is 11.3 Å². The highest BCUT2D eigenvalue weighted by Gasteiger charge is 2.25. The van der Waals surface area contributed by atoms with Crippen LogP contribution in [0, 0.1) is 0 Å². The van der Waals surface area contributed by atoms with E-state index in [2.05, 4.69) is 20.9 Å². The molecular weight excluding hydrogens is 330 g/mol. The van der Waals surface area contributed by atoms with Gasteiger partial charge in [0.05, 0.1) is 9.98 Å². The summed E-state index contributed by atoms with van der Waals surface area (Å²) in [6, 6.07) is 0. The highest BCUT2D eigenvalue weighted by Crippen LogP contribution is 2.27. The van der Waals surface area contributed by atoms with E-state index in [0.29, 0.717) is 11.7 Å². The maximum atomic E-state index is 12.2. The first-order valence-electron chi connectivity index (χ1n) is 5.95. The van der Waals surface area contributed by atoms with Gasteiger partial charge in [-0.3, -0.25) is 4.90 Å². The second kappa shape index (κ2) is 6.67. The molecule has 1 amide bonds. The molecule has 108 valence electrons. The number of amides is 1. The summed E-state index contributed by atoms with van der Waals surface area (Å²) in [4.78, 5) is 20.0. The Morgan fingerprint density at radius 1 is 1.42 bits per heavy atom. The summed E-state index contributed by atoms with van der Waals surface area (Å²) in [5, 5.41) is 0.642. The molecule has 1 aromatic heterocycles. The summed E-state index contributed by atoms with van der Waals surface area (Å²) in [6.45, 7) is 6.85. The minimum absolute atomic E-state index is 0.365. The Morgan fingerprint density at radius 3 is 2.47 bits per heavy atom. The molecular formula is C12H20BrN3O2S. The van der Waals surface area contributed by atoms with E-state index in [4.69, 9.17) is 4.74 Å². The fourth-order valence-electron chi connectivity index (χ4n) is 1.25. The van der Waals surface area contributed by atoms with E-state index in [1.54, 1.807) is 11.1 Å². The van der Waals surface area contributed by atoms with E-state index >= 15 is 0 Å². The molecule has 0 aliphatic heterocycles. The average Bonchev–Trinajstić information content (AvgIpc) is 2.61. The summed E-state index contributed by atoms with van der Waals surface area (Å²) in [6.07, 6.45) is 1.32. The van der Waals surface area contributed by atoms with Crippen LogP contribution in [0.5, 0.6) is 0 Å². The fourth-order valence-corrected chi connectivity index (χ4v) is 2.45. The Kier molecular flexibility index (Phi) is 5.76. The van der Waals surface area contributed by atoms with E-state index in [0.717, 1.165) is 10.3 Å². The van der Waals surface area contributed by atoms with Crippen molar-refractivity contribution in [2.45, 2.75) is 26.4 Å². The first-order chi connectivity index (χ1) is 8.69. The van der Waals surface area contributed by atoms with E-state index in [-0.39, 0.29) is 6.09 Å². The minimum atomic E-state index is -0.512. The lowest BCUT2D eigenvalue weighted by Gasteiger charge is -2.26. The van der Waals surface area contributed by atoms with E-state index < -0.39 is 5.60 Å². The van der Waals surface area contributed by atoms with E-state index in [1.807, 2.05) is 39.8 Å². The predicted molar refractivity (Wildman–Crippen MR) is 81.9 cm³/mol. The maximum absolute atomic E-state index is 12.2. The lowest BCUT2D eigenvalue weighted by Crippen LogP contribution is -2.40. The maximum Gasteiger partial charge on any atom is 0.416 e. The van der Waals surface area contributed by atoms with Crippen molar-refractivity contribution in [2.75, 3.05) is 32.1 Å². The monoisotopic (exact) mass is 349 g/mol. The molecule has 0 saturated carbocycles. The molecule has 0 fully saturated rings. The highest BCUT2D eigenvalue weighted by atomic mass is 79.9. The number of carbonyl (C=O) groups is 1. The molecule has 0 N–H and O–H groups in total. The van der Waals surface area contributed by atoms with Crippen molar-refractivity contribution >= 4 is 38.5 Å². The van der Waals surface area contributed by atoms with Crippen LogP contribution in [0.3, 0.4) is 0 Å². The Morgan fingerprint density at radius 2 is 2.05 bits per heavy atom. The molecule has 7 heteroatoms. The third kappa shape index (κ3) is 5.88. The molecule has 0 spiro atoms. The quantitative estimate of drug-likeness (QED) is 0.837. The van der Waals surface area contributed by atoms with Crippen molar-refractivity contribution in [3.63, 3.8) is 0 Å². The number of halogens is 1. The Bertz CT molecular complexity index is 429. The van der Waals surface area contributed by atoms with Crippen molar-refractivity contribution in [1.82, 2.24) is 9.88 Å². The normalized spacial score (nSPS) is 11.7. The molecule has 1 aromatic rings. The van der Waals surface area contributed by atoms with Crippen LogP contribution in [0.25, 0.3) is 0 Å². The van der Waals surface area contributed by atoms with Gasteiger partial charge in [0.2, 0.25) is 0 Å². The van der Waals surface area contributed by atoms with Crippen molar-refractivity contribution < 1.29 is 9.53 Å². The molecule has 0 radical (unpaired) electrons. The van der Waals surface area contributed by atoms with Gasteiger partial charge in [0.25, 0.3) is 0 Å². The number of aromatic nitrogens is 1. The Balaban J connectivity index is 2.83. The zero-order valence-electron chi connectivity index (χ0n) is 11.9. The first kappa shape index (κ1) is 16.4. The Hall–Kier alpha value is -0.660. The largest absolute Gasteiger partial charge is 0.443 e. The van der Waals surface area contributed by atoms with Crippen LogP contribution in [0.1, 0.15) is 20.8 Å². The van der Waals surface area contributed by atoms with Gasteiger partial charge in [-0.1, -0.05) is 11.3 Å². The number of thiazole rings is 1. The van der Waals surface area contributed by atoms with Crippen LogP contribution >= 0.6 is 27.3 Å². The lowest BCUT2D eigenvalue weighted by atomic mass is 10.2. The van der Waals surface area contributed by atoms with Gasteiger partial charge in [-0.05, 0) is 50.8 Å². The van der Waals surface area contributed by atoms with E-state index in [9.17, 15) is 4.79 Å². The molecule has 0 unspecified atom stereocenters. The zero-order chi connectivity index (χ0) is 14.6. The van der Waals surface area contributed by atoms with Crippen molar-refractivity contribution in [2.24, 2.45) is 0 Å². The van der Waals surface area contributed by atoms with Gasteiger partial charge in [0, 0.05) is 13.1 Å². The SMILES string of the molecule is CN(C)CCN(C(=O)OC(C)(C)C)c1ncc(Br)s1. The molecule has 0 bridgehead atoms. The summed E-state index contributed by atoms with van der Waals surface area (Å²) >= 11 is 4.77. The zero-order valence-corrected chi connectivity index (χ0v) is 14.3. The standard InChI is InChI=1S/C12H20BrN3O2S/c1-12(2,3)18-11(17)16(7-6-15(4)5)10-14-8-9(13)19-10/h8H,6-7H2,1-5H3. The van der Waals surface area contributed by atoms with Gasteiger partial charge < -0.3 is 9.64 Å². The first-order valence-corrected chi connectivity index (χ1v) is 7.56. The summed E-state index contributed by atoms with van der Waals surface area (Å²) in [7, 11) is 3.93. The molecule has 0 aliphatic rings. The second-order valence-electron chi connectivity index (χ2n) is 5.38. The molecule has 1 heterocycles. The number of hydrogen-bond donors (Lipinski definition) is 0. The highest BCUT2D eigenvalue weighted by molar-refractivity contribution is 9.11. The molecule has 19 heavy (non-hydrogen) atoms. The fraction of sp³-hybridized carbons (Fsp3) is 0.667. The average molecular weight is 350 g/mol. The van der Waals surface area contributed by atoms with Gasteiger partial charge >= 0.3 is 6.09 Å². The Labute approximate surface area is 126 Å². The number of ether oxygens (including phenoxy) is 1. The van der Waals surface area contributed by atoms with Gasteiger partial charge in [0.1, 0.15) is 5.60 Å². The second-order valence-corrected chi connectivity index (χ2v) is 7.77. The predicted octanol–water partition coefficient (Wildman–Crippen LogP) is 3.21. The van der Waals surface area contributed by atoms with Gasteiger partial charge in [0.15, 0.2) is 5.13 Å². The lowest BCUT2D eigenvalue weighted by molar-refractivity contribution is 0.0578. The van der Waals surface area contributed by atoms with Crippen LogP contribution in [0.15, 0.2) is 9.98 Å². The molecule has 0 aromatic carbocycles. The molecule has 0 aliphatic carbocycles. The molecule has 5 nitrogen and oxygen atoms in total. The number of rotatable bonds is 4. The van der Waals surface area contributed by atoms with Crippen molar-refractivity contribution in [1.29, 1.82) is 0 Å². The topological polar surface area (TPSA) is 45.7 Å². The number of carbonyl (C=O) groups excluding carboxylic acids is 1. The van der Waals surface area contributed by atoms with Crippen LogP contribution in [0.4, 0.5) is 9.93 Å². The third-order valence-corrected chi connectivity index (χ3v) is 3.58. The number of hydrogen-bond acceptors (Lipinski definition) is 5. The van der Waals surface area contributed by atoms with Crippen LogP contribution in [-0.4, -0.2) is 48.8 Å². The number of likely N-dealkylation sites (N-methyl/N-ethyl adjacent to an activating group) is 1. The van der Waals surface area contributed by atoms with Gasteiger partial charge in [-0.15, -0.1) is 0 Å².